The fourth-order valence-corrected chi connectivity index (χ4v) is 7.71. The third kappa shape index (κ3) is 42.3. The highest BCUT2D eigenvalue weighted by molar-refractivity contribution is 5.76. The highest BCUT2D eigenvalue weighted by Crippen LogP contribution is 2.17. The molecule has 0 bridgehead atoms. The zero-order valence-electron chi connectivity index (χ0n) is 37.1. The molecular weight excluding hydrogens is 679 g/mol. The fraction of sp³-hybridized carbons (Fsp3) is 0.900. The number of unbranched alkanes of at least 4 members (excludes halogenated alkanes) is 34. The summed E-state index contributed by atoms with van der Waals surface area (Å²) in [6, 6.07) is -0.757. The van der Waals surface area contributed by atoms with Gasteiger partial charge in [0.05, 0.1) is 31.3 Å². The first kappa shape index (κ1) is 53.8. The molecule has 5 nitrogen and oxygen atoms in total. The molecule has 0 aliphatic carbocycles. The number of carbonyl (C=O) groups excluding carboxylic acids is 1. The van der Waals surface area contributed by atoms with E-state index >= 15 is 0 Å². The number of aliphatic hydroxyl groups is 3. The van der Waals surface area contributed by atoms with Crippen LogP contribution in [0.5, 0.6) is 0 Å². The highest BCUT2D eigenvalue weighted by Gasteiger charge is 2.20. The number of amides is 1. The topological polar surface area (TPSA) is 89.8 Å². The summed E-state index contributed by atoms with van der Waals surface area (Å²) < 4.78 is 0. The maximum Gasteiger partial charge on any atom is 0.222 e. The Labute approximate surface area is 343 Å². The van der Waals surface area contributed by atoms with Gasteiger partial charge in [0.25, 0.3) is 0 Å². The first-order valence-electron chi connectivity index (χ1n) is 24.6. The van der Waals surface area contributed by atoms with Crippen molar-refractivity contribution >= 4 is 5.91 Å². The Bertz CT molecular complexity index is 814. The second-order valence-corrected chi connectivity index (χ2v) is 17.1. The molecule has 0 fully saturated rings. The van der Waals surface area contributed by atoms with Gasteiger partial charge >= 0.3 is 0 Å². The van der Waals surface area contributed by atoms with Gasteiger partial charge in [0.2, 0.25) is 5.91 Å². The van der Waals surface area contributed by atoms with Crippen LogP contribution < -0.4 is 5.32 Å². The summed E-state index contributed by atoms with van der Waals surface area (Å²) in [6.07, 6.45) is 56.4. The lowest BCUT2D eigenvalue weighted by molar-refractivity contribution is -0.124. The van der Waals surface area contributed by atoms with E-state index in [0.29, 0.717) is 6.42 Å². The van der Waals surface area contributed by atoms with E-state index in [0.717, 1.165) is 32.1 Å². The molecule has 3 atom stereocenters. The number of allylic oxidation sites excluding steroid dienone is 3. The summed E-state index contributed by atoms with van der Waals surface area (Å²) in [6.45, 7) is 4.21. The molecule has 0 aromatic carbocycles. The number of rotatable bonds is 45. The van der Waals surface area contributed by atoms with Crippen molar-refractivity contribution in [3.05, 3.63) is 24.3 Å². The minimum Gasteiger partial charge on any atom is -0.394 e. The predicted octanol–water partition coefficient (Wildman–Crippen LogP) is 14.6. The molecule has 0 aromatic rings. The molecule has 0 rings (SSSR count). The molecule has 55 heavy (non-hydrogen) atoms. The monoisotopic (exact) mass is 776 g/mol. The maximum atomic E-state index is 12.4. The third-order valence-electron chi connectivity index (χ3n) is 11.5. The van der Waals surface area contributed by atoms with Crippen molar-refractivity contribution in [2.24, 2.45) is 0 Å². The Morgan fingerprint density at radius 3 is 1.16 bits per heavy atom. The molecule has 1 amide bonds. The van der Waals surface area contributed by atoms with Crippen LogP contribution >= 0.6 is 0 Å². The smallest absolute Gasteiger partial charge is 0.222 e. The van der Waals surface area contributed by atoms with Crippen LogP contribution in [0.4, 0.5) is 0 Å². The van der Waals surface area contributed by atoms with E-state index in [9.17, 15) is 20.1 Å². The summed E-state index contributed by atoms with van der Waals surface area (Å²) in [7, 11) is 0. The Morgan fingerprint density at radius 2 is 0.782 bits per heavy atom. The van der Waals surface area contributed by atoms with E-state index in [2.05, 4.69) is 31.3 Å². The van der Waals surface area contributed by atoms with E-state index in [4.69, 9.17) is 0 Å². The van der Waals surface area contributed by atoms with Gasteiger partial charge in [0, 0.05) is 0 Å². The number of nitrogens with one attached hydrogen (secondary N) is 1. The number of aliphatic hydroxyl groups excluding tert-OH is 3. The van der Waals surface area contributed by atoms with Gasteiger partial charge in [0.15, 0.2) is 0 Å². The SMILES string of the molecule is CCCCCCCCC/C=C/CC/C=C/C(O)C(CO)NC(=O)CC(O)CCCCCCCCCCCCCCCCCCCCCCCCCCCCC. The van der Waals surface area contributed by atoms with Gasteiger partial charge in [-0.2, -0.15) is 0 Å². The van der Waals surface area contributed by atoms with E-state index in [-0.39, 0.29) is 18.9 Å². The van der Waals surface area contributed by atoms with Crippen LogP contribution in [-0.2, 0) is 4.79 Å². The van der Waals surface area contributed by atoms with E-state index in [1.54, 1.807) is 6.08 Å². The Kier molecular flexibility index (Phi) is 44.6. The van der Waals surface area contributed by atoms with Crippen LogP contribution in [-0.4, -0.2) is 46.1 Å². The summed E-state index contributed by atoms with van der Waals surface area (Å²) in [5.74, 6) is -0.322. The molecule has 0 aliphatic rings. The van der Waals surface area contributed by atoms with Crippen LogP contribution in [0.25, 0.3) is 0 Å². The Morgan fingerprint density at radius 1 is 0.455 bits per heavy atom. The second-order valence-electron chi connectivity index (χ2n) is 17.1. The number of hydrogen-bond donors (Lipinski definition) is 4. The molecule has 0 saturated heterocycles. The quantitative estimate of drug-likeness (QED) is 0.0366. The Balaban J connectivity index is 3.54. The zero-order chi connectivity index (χ0) is 40.1. The van der Waals surface area contributed by atoms with Crippen molar-refractivity contribution < 1.29 is 20.1 Å². The first-order chi connectivity index (χ1) is 27.0. The molecule has 5 heteroatoms. The van der Waals surface area contributed by atoms with Gasteiger partial charge in [-0.05, 0) is 32.1 Å². The van der Waals surface area contributed by atoms with Crippen LogP contribution in [0.1, 0.15) is 264 Å². The Hall–Kier alpha value is -1.17. The standard InChI is InChI=1S/C50H97NO4/c1-3-5-7-9-11-13-15-17-18-19-20-21-22-23-24-25-26-27-28-29-30-32-33-35-37-39-41-43-47(53)45-50(55)51-48(46-52)49(54)44-42-40-38-36-34-31-16-14-12-10-8-6-4-2/h34,36,42,44,47-49,52-54H,3-33,35,37-41,43,45-46H2,1-2H3,(H,51,55)/b36-34+,44-42+. The molecule has 326 valence electrons. The maximum absolute atomic E-state index is 12.4. The lowest BCUT2D eigenvalue weighted by Gasteiger charge is -2.21. The van der Waals surface area contributed by atoms with Gasteiger partial charge in [-0.25, -0.2) is 0 Å². The molecule has 0 saturated carbocycles. The van der Waals surface area contributed by atoms with Crippen LogP contribution in [0.2, 0.25) is 0 Å². The largest absolute Gasteiger partial charge is 0.394 e. The summed E-state index contributed by atoms with van der Waals surface area (Å²) >= 11 is 0. The van der Waals surface area contributed by atoms with Crippen molar-refractivity contribution in [3.63, 3.8) is 0 Å². The summed E-state index contributed by atoms with van der Waals surface area (Å²) in [5, 5.41) is 33.2. The van der Waals surface area contributed by atoms with Crippen LogP contribution in [0.3, 0.4) is 0 Å². The fourth-order valence-electron chi connectivity index (χ4n) is 7.71. The molecule has 3 unspecified atom stereocenters. The zero-order valence-corrected chi connectivity index (χ0v) is 37.1. The molecule has 0 radical (unpaired) electrons. The second kappa shape index (κ2) is 45.5. The third-order valence-corrected chi connectivity index (χ3v) is 11.5. The average molecular weight is 776 g/mol. The highest BCUT2D eigenvalue weighted by atomic mass is 16.3. The van der Waals surface area contributed by atoms with Crippen molar-refractivity contribution in [1.29, 1.82) is 0 Å². The van der Waals surface area contributed by atoms with Gasteiger partial charge < -0.3 is 20.6 Å². The van der Waals surface area contributed by atoms with Crippen molar-refractivity contribution in [3.8, 4) is 0 Å². The molecule has 0 heterocycles. The lowest BCUT2D eigenvalue weighted by atomic mass is 10.0. The van der Waals surface area contributed by atoms with Gasteiger partial charge in [-0.15, -0.1) is 0 Å². The van der Waals surface area contributed by atoms with E-state index in [1.165, 1.54) is 205 Å². The molecule has 0 spiro atoms. The first-order valence-corrected chi connectivity index (χ1v) is 24.6. The van der Waals surface area contributed by atoms with Crippen molar-refractivity contribution in [2.45, 2.75) is 283 Å². The minimum absolute atomic E-state index is 0.00987. The number of hydrogen-bond acceptors (Lipinski definition) is 4. The molecule has 0 aliphatic heterocycles. The van der Waals surface area contributed by atoms with Crippen LogP contribution in [0, 0.1) is 0 Å². The van der Waals surface area contributed by atoms with E-state index in [1.807, 2.05) is 6.08 Å². The van der Waals surface area contributed by atoms with Gasteiger partial charge in [-0.3, -0.25) is 4.79 Å². The minimum atomic E-state index is -0.948. The summed E-state index contributed by atoms with van der Waals surface area (Å²) in [4.78, 5) is 12.4. The van der Waals surface area contributed by atoms with Crippen molar-refractivity contribution in [2.75, 3.05) is 6.61 Å². The lowest BCUT2D eigenvalue weighted by Crippen LogP contribution is -2.45. The number of carbonyl (C=O) groups is 1. The van der Waals surface area contributed by atoms with Gasteiger partial charge in [0.1, 0.15) is 0 Å². The average Bonchev–Trinajstić information content (AvgIpc) is 3.18. The molecular formula is C50H97NO4. The van der Waals surface area contributed by atoms with Gasteiger partial charge in [-0.1, -0.05) is 250 Å². The van der Waals surface area contributed by atoms with Crippen LogP contribution in [0.15, 0.2) is 24.3 Å². The molecule has 0 aromatic heterocycles. The normalized spacial score (nSPS) is 13.6. The summed E-state index contributed by atoms with van der Waals surface area (Å²) in [5.41, 5.74) is 0. The van der Waals surface area contributed by atoms with E-state index < -0.39 is 18.2 Å². The molecule has 4 N–H and O–H groups in total. The predicted molar refractivity (Wildman–Crippen MR) is 241 cm³/mol. The van der Waals surface area contributed by atoms with Crippen molar-refractivity contribution in [1.82, 2.24) is 5.32 Å².